The van der Waals surface area contributed by atoms with Crippen LogP contribution in [0.5, 0.6) is 0 Å². The van der Waals surface area contributed by atoms with E-state index in [9.17, 15) is 0 Å². The van der Waals surface area contributed by atoms with Crippen LogP contribution in [0.4, 0.5) is 0 Å². The molecule has 0 nitrogen and oxygen atoms in total. The topological polar surface area (TPSA) is 0 Å². The Morgan fingerprint density at radius 2 is 0.950 bits per heavy atom. The molecule has 0 fully saturated rings. The van der Waals surface area contributed by atoms with E-state index in [0.717, 1.165) is 12.8 Å². The van der Waals surface area contributed by atoms with Crippen molar-refractivity contribution in [1.29, 1.82) is 0 Å². The van der Waals surface area contributed by atoms with Gasteiger partial charge in [-0.3, -0.25) is 12.2 Å². The zero-order chi connectivity index (χ0) is 14.3. The van der Waals surface area contributed by atoms with Gasteiger partial charge >= 0.3 is 24.8 Å². The molecule has 0 aromatic rings. The average Bonchev–Trinajstić information content (AvgIpc) is 2.83. The summed E-state index contributed by atoms with van der Waals surface area (Å²) in [5.74, 6) is 0. The van der Waals surface area contributed by atoms with E-state index in [-0.39, 0.29) is 24.8 Å². The molecule has 0 unspecified atom stereocenters. The van der Waals surface area contributed by atoms with E-state index in [4.69, 9.17) is 0 Å². The second-order valence-electron chi connectivity index (χ2n) is 4.77. The van der Waals surface area contributed by atoms with Crippen LogP contribution >= 0.6 is 24.8 Å². The van der Waals surface area contributed by atoms with Crippen molar-refractivity contribution in [3.8, 4) is 0 Å². The number of hydrogen-bond acceptors (Lipinski definition) is 0. The van der Waals surface area contributed by atoms with E-state index >= 15 is 0 Å². The van der Waals surface area contributed by atoms with Crippen LogP contribution < -0.4 is 0 Å². The van der Waals surface area contributed by atoms with Crippen LogP contribution in [0.25, 0.3) is 0 Å². The second kappa shape index (κ2) is 12.8. The third-order valence-corrected chi connectivity index (χ3v) is 3.64. The Kier molecular flexibility index (Phi) is 16.1. The van der Waals surface area contributed by atoms with Gasteiger partial charge in [0, 0.05) is 0 Å². The van der Waals surface area contributed by atoms with Gasteiger partial charge in [-0.2, -0.15) is 22.3 Å². The molecule has 0 spiro atoms. The summed E-state index contributed by atoms with van der Waals surface area (Å²) in [4.78, 5) is 3.25. The van der Waals surface area contributed by atoms with Crippen molar-refractivity contribution < 1.29 is 20.0 Å². The first-order chi connectivity index (χ1) is 8.43. The van der Waals surface area contributed by atoms with Crippen LogP contribution in [0, 0.1) is 12.2 Å². The molecule has 0 bridgehead atoms. The number of halogens is 2. The van der Waals surface area contributed by atoms with E-state index in [2.05, 4.69) is 58.5 Å². The van der Waals surface area contributed by atoms with E-state index < -0.39 is 0 Å². The fraction of sp³-hybridized carbons (Fsp3) is 0.471. The minimum atomic E-state index is 0. The van der Waals surface area contributed by atoms with Crippen molar-refractivity contribution in [3.63, 3.8) is 0 Å². The molecular weight excluding hydrogens is 323 g/mol. The van der Waals surface area contributed by atoms with Gasteiger partial charge in [-0.15, -0.1) is 51.5 Å². The van der Waals surface area contributed by atoms with Crippen molar-refractivity contribution >= 4 is 29.6 Å². The van der Waals surface area contributed by atoms with Crippen molar-refractivity contribution in [2.24, 2.45) is 0 Å². The predicted molar refractivity (Wildman–Crippen MR) is 92.5 cm³/mol. The maximum atomic E-state index is 3.26. The molecule has 0 amide bonds. The Bertz CT molecular complexity index is 375. The number of hydrogen-bond donors (Lipinski definition) is 0. The van der Waals surface area contributed by atoms with Gasteiger partial charge in [0.05, 0.1) is 0 Å². The quantitative estimate of drug-likeness (QED) is 0.385. The molecule has 0 aromatic carbocycles. The van der Waals surface area contributed by atoms with Crippen molar-refractivity contribution in [2.45, 2.75) is 54.4 Å². The Morgan fingerprint density at radius 3 is 1.00 bits per heavy atom. The Balaban J connectivity index is -0.000000236. The summed E-state index contributed by atoms with van der Waals surface area (Å²) >= 11 is 1.75. The van der Waals surface area contributed by atoms with Gasteiger partial charge in [-0.1, -0.05) is 27.7 Å². The average molecular weight is 349 g/mol. The summed E-state index contributed by atoms with van der Waals surface area (Å²) in [6, 6.07) is 0. The summed E-state index contributed by atoms with van der Waals surface area (Å²) in [5, 5.41) is 0. The van der Waals surface area contributed by atoms with Crippen molar-refractivity contribution in [1.82, 2.24) is 0 Å². The minimum absolute atomic E-state index is 0. The Hall–Kier alpha value is 0.124. The SMILES string of the molecule is CC1=[C-]CC(C)=C1C.CC1=[C-]CC(C)=C1C.Cl.Cl.[CH2]=[Ti+2]. The van der Waals surface area contributed by atoms with Gasteiger partial charge in [0.25, 0.3) is 0 Å². The number of allylic oxidation sites excluding steroid dienone is 8. The van der Waals surface area contributed by atoms with E-state index in [1.807, 2.05) is 0 Å². The molecular formula is C17H26Cl2Ti. The fourth-order valence-corrected chi connectivity index (χ4v) is 1.70. The molecule has 0 heterocycles. The van der Waals surface area contributed by atoms with Crippen LogP contribution in [-0.2, 0) is 20.0 Å². The molecule has 0 aliphatic heterocycles. The van der Waals surface area contributed by atoms with Crippen molar-refractivity contribution in [3.05, 3.63) is 45.6 Å². The predicted octanol–water partition coefficient (Wildman–Crippen LogP) is 5.76. The molecule has 20 heavy (non-hydrogen) atoms. The maximum absolute atomic E-state index is 3.26. The van der Waals surface area contributed by atoms with Gasteiger partial charge in [-0.05, 0) is 0 Å². The Morgan fingerprint density at radius 1 is 0.700 bits per heavy atom. The first kappa shape index (κ1) is 25.1. The normalized spacial score (nSPS) is 16.0. The molecule has 0 radical (unpaired) electrons. The standard InChI is InChI=1S/2C8H11.CH2.2ClH.Ti/c2*1-6-4-5-7(2)8(6)3;;;;/h2*4H2,1-3H3;1H2;2*1H;/q2*-1;;;;+2. The van der Waals surface area contributed by atoms with Crippen LogP contribution in [0.1, 0.15) is 54.4 Å². The molecule has 112 valence electrons. The van der Waals surface area contributed by atoms with E-state index in [0.29, 0.717) is 0 Å². The first-order valence-corrected chi connectivity index (χ1v) is 7.37. The van der Waals surface area contributed by atoms with Crippen LogP contribution in [0.15, 0.2) is 33.4 Å². The summed E-state index contributed by atoms with van der Waals surface area (Å²) in [6.07, 6.45) is 8.63. The summed E-state index contributed by atoms with van der Waals surface area (Å²) in [6.45, 7) is 12.9. The van der Waals surface area contributed by atoms with Gasteiger partial charge in [0.1, 0.15) is 0 Å². The van der Waals surface area contributed by atoms with Gasteiger partial charge in [0.2, 0.25) is 0 Å². The molecule has 0 saturated heterocycles. The van der Waals surface area contributed by atoms with Gasteiger partial charge < -0.3 is 0 Å². The van der Waals surface area contributed by atoms with Crippen LogP contribution in [0.2, 0.25) is 0 Å². The fourth-order valence-electron chi connectivity index (χ4n) is 1.70. The number of rotatable bonds is 0. The second-order valence-corrected chi connectivity index (χ2v) is 4.77. The summed E-state index contributed by atoms with van der Waals surface area (Å²) in [7, 11) is 0. The molecule has 2 aliphatic rings. The summed E-state index contributed by atoms with van der Waals surface area (Å²) in [5.41, 5.74) is 8.49. The molecule has 2 rings (SSSR count). The zero-order valence-corrected chi connectivity index (χ0v) is 16.6. The third kappa shape index (κ3) is 7.79. The van der Waals surface area contributed by atoms with E-state index in [1.54, 1.807) is 20.0 Å². The van der Waals surface area contributed by atoms with Gasteiger partial charge in [0.15, 0.2) is 0 Å². The zero-order valence-electron chi connectivity index (χ0n) is 13.4. The summed E-state index contributed by atoms with van der Waals surface area (Å²) < 4.78 is 0. The third-order valence-electron chi connectivity index (χ3n) is 3.64. The molecule has 0 atom stereocenters. The molecule has 0 saturated carbocycles. The molecule has 3 heteroatoms. The first-order valence-electron chi connectivity index (χ1n) is 6.27. The van der Waals surface area contributed by atoms with Crippen molar-refractivity contribution in [2.75, 3.05) is 0 Å². The van der Waals surface area contributed by atoms with E-state index in [1.165, 1.54) is 33.4 Å². The molecule has 0 aromatic heterocycles. The molecule has 2 aliphatic carbocycles. The van der Waals surface area contributed by atoms with Gasteiger partial charge in [-0.25, -0.2) is 11.1 Å². The monoisotopic (exact) mass is 348 g/mol. The van der Waals surface area contributed by atoms with Crippen LogP contribution in [-0.4, -0.2) is 4.82 Å². The van der Waals surface area contributed by atoms with Crippen LogP contribution in [0.3, 0.4) is 0 Å². The molecule has 0 N–H and O–H groups in total. The Labute approximate surface area is 149 Å².